The van der Waals surface area contributed by atoms with Gasteiger partial charge in [-0.1, -0.05) is 36.2 Å². The van der Waals surface area contributed by atoms with Crippen LogP contribution in [0.1, 0.15) is 46.0 Å². The van der Waals surface area contributed by atoms with Gasteiger partial charge in [0.1, 0.15) is 0 Å². The fourth-order valence-corrected chi connectivity index (χ4v) is 3.19. The number of alkyl halides is 1. The molecule has 1 saturated heterocycles. The first kappa shape index (κ1) is 11.9. The van der Waals surface area contributed by atoms with E-state index in [1.165, 1.54) is 51.7 Å². The van der Waals surface area contributed by atoms with Gasteiger partial charge in [0.25, 0.3) is 0 Å². The molecule has 2 aliphatic rings. The molecule has 0 aromatic rings. The van der Waals surface area contributed by atoms with Crippen LogP contribution in [0, 0.1) is 10.8 Å². The number of nitrogens with zero attached hydrogens (tertiary/aromatic N) is 1. The highest BCUT2D eigenvalue weighted by Gasteiger charge is 2.39. The van der Waals surface area contributed by atoms with E-state index in [2.05, 4.69) is 34.7 Å². The molecular formula is C13H24BrN. The van der Waals surface area contributed by atoms with E-state index in [0.717, 1.165) is 10.7 Å². The van der Waals surface area contributed by atoms with Gasteiger partial charge < -0.3 is 4.90 Å². The second-order valence-corrected chi connectivity index (χ2v) is 6.99. The summed E-state index contributed by atoms with van der Waals surface area (Å²) in [5, 5.41) is 1.11. The van der Waals surface area contributed by atoms with Crippen LogP contribution in [0.5, 0.6) is 0 Å². The van der Waals surface area contributed by atoms with Crippen LogP contribution < -0.4 is 0 Å². The first-order chi connectivity index (χ1) is 7.05. The van der Waals surface area contributed by atoms with Crippen molar-refractivity contribution in [2.24, 2.45) is 10.8 Å². The standard InChI is InChI=1S/C13H24BrN/c1-12(2,10-14)11-15-8-6-13(7-9-15)4-3-5-13/h3-11H2,1-2H3. The maximum atomic E-state index is 3.62. The monoisotopic (exact) mass is 273 g/mol. The molecule has 0 bridgehead atoms. The van der Waals surface area contributed by atoms with Gasteiger partial charge in [0.2, 0.25) is 0 Å². The molecule has 0 aromatic carbocycles. The topological polar surface area (TPSA) is 3.24 Å². The summed E-state index contributed by atoms with van der Waals surface area (Å²) in [5.74, 6) is 0. The molecule has 0 aromatic heterocycles. The Labute approximate surface area is 103 Å². The molecule has 15 heavy (non-hydrogen) atoms. The van der Waals surface area contributed by atoms with Crippen molar-refractivity contribution in [3.63, 3.8) is 0 Å². The second-order valence-electron chi connectivity index (χ2n) is 6.43. The van der Waals surface area contributed by atoms with Crippen LogP contribution in [0.4, 0.5) is 0 Å². The minimum absolute atomic E-state index is 0.435. The molecule has 0 radical (unpaired) electrons. The van der Waals surface area contributed by atoms with E-state index < -0.39 is 0 Å². The lowest BCUT2D eigenvalue weighted by atomic mass is 9.63. The van der Waals surface area contributed by atoms with E-state index in [1.807, 2.05) is 0 Å². The molecular weight excluding hydrogens is 250 g/mol. The Morgan fingerprint density at radius 1 is 1.13 bits per heavy atom. The van der Waals surface area contributed by atoms with Gasteiger partial charge in [-0.2, -0.15) is 0 Å². The van der Waals surface area contributed by atoms with Crippen molar-refractivity contribution in [3.8, 4) is 0 Å². The number of halogens is 1. The van der Waals surface area contributed by atoms with Crippen molar-refractivity contribution >= 4 is 15.9 Å². The maximum absolute atomic E-state index is 3.62. The van der Waals surface area contributed by atoms with Gasteiger partial charge in [0.15, 0.2) is 0 Å². The fourth-order valence-electron chi connectivity index (χ4n) is 3.01. The predicted octanol–water partition coefficient (Wildman–Crippen LogP) is 3.67. The average molecular weight is 274 g/mol. The molecule has 1 spiro atoms. The van der Waals surface area contributed by atoms with Gasteiger partial charge in [-0.3, -0.25) is 0 Å². The number of hydrogen-bond donors (Lipinski definition) is 0. The van der Waals surface area contributed by atoms with E-state index in [4.69, 9.17) is 0 Å². The first-order valence-electron chi connectivity index (χ1n) is 6.34. The van der Waals surface area contributed by atoms with Crippen LogP contribution in [0.25, 0.3) is 0 Å². The Kier molecular flexibility index (Phi) is 3.47. The summed E-state index contributed by atoms with van der Waals surface area (Å²) in [7, 11) is 0. The fraction of sp³-hybridized carbons (Fsp3) is 1.00. The number of piperidine rings is 1. The highest BCUT2D eigenvalue weighted by atomic mass is 79.9. The zero-order chi connectivity index (χ0) is 10.9. The van der Waals surface area contributed by atoms with Gasteiger partial charge in [0, 0.05) is 11.9 Å². The molecule has 1 saturated carbocycles. The van der Waals surface area contributed by atoms with Gasteiger partial charge in [0.05, 0.1) is 0 Å². The normalized spacial score (nSPS) is 26.6. The van der Waals surface area contributed by atoms with Crippen LogP contribution in [-0.2, 0) is 0 Å². The summed E-state index contributed by atoms with van der Waals surface area (Å²) in [5.41, 5.74) is 1.24. The summed E-state index contributed by atoms with van der Waals surface area (Å²) in [6, 6.07) is 0. The summed E-state index contributed by atoms with van der Waals surface area (Å²) in [4.78, 5) is 2.67. The van der Waals surface area contributed by atoms with Gasteiger partial charge in [-0.15, -0.1) is 0 Å². The quantitative estimate of drug-likeness (QED) is 0.710. The minimum Gasteiger partial charge on any atom is -0.303 e. The third kappa shape index (κ3) is 2.76. The van der Waals surface area contributed by atoms with Crippen LogP contribution in [0.3, 0.4) is 0 Å². The molecule has 88 valence electrons. The van der Waals surface area contributed by atoms with E-state index in [9.17, 15) is 0 Å². The van der Waals surface area contributed by atoms with E-state index in [-0.39, 0.29) is 0 Å². The van der Waals surface area contributed by atoms with Crippen LogP contribution in [-0.4, -0.2) is 29.9 Å². The lowest BCUT2D eigenvalue weighted by Crippen LogP contribution is -2.46. The van der Waals surface area contributed by atoms with Crippen LogP contribution in [0.2, 0.25) is 0 Å². The molecule has 0 amide bonds. The third-order valence-corrected chi connectivity index (χ3v) is 5.86. The average Bonchev–Trinajstić information content (AvgIpc) is 2.16. The molecule has 1 heterocycles. The maximum Gasteiger partial charge on any atom is 0.00949 e. The van der Waals surface area contributed by atoms with Gasteiger partial charge in [-0.25, -0.2) is 0 Å². The van der Waals surface area contributed by atoms with Crippen molar-refractivity contribution in [2.75, 3.05) is 25.0 Å². The smallest absolute Gasteiger partial charge is 0.00949 e. The summed E-state index contributed by atoms with van der Waals surface area (Å²) in [6.07, 6.45) is 7.45. The zero-order valence-corrected chi connectivity index (χ0v) is 11.8. The van der Waals surface area contributed by atoms with Crippen molar-refractivity contribution < 1.29 is 0 Å². The molecule has 0 N–H and O–H groups in total. The predicted molar refractivity (Wildman–Crippen MR) is 69.5 cm³/mol. The summed E-state index contributed by atoms with van der Waals surface area (Å²) >= 11 is 3.62. The Morgan fingerprint density at radius 3 is 2.13 bits per heavy atom. The van der Waals surface area contributed by atoms with E-state index in [0.29, 0.717) is 5.41 Å². The van der Waals surface area contributed by atoms with Crippen molar-refractivity contribution in [1.29, 1.82) is 0 Å². The van der Waals surface area contributed by atoms with Gasteiger partial charge in [-0.05, 0) is 49.6 Å². The Balaban J connectivity index is 1.78. The highest BCUT2D eigenvalue weighted by molar-refractivity contribution is 9.09. The lowest BCUT2D eigenvalue weighted by molar-refractivity contribution is 0.0224. The number of hydrogen-bond acceptors (Lipinski definition) is 1. The Bertz CT molecular complexity index is 211. The molecule has 2 heteroatoms. The molecule has 1 nitrogen and oxygen atoms in total. The van der Waals surface area contributed by atoms with E-state index >= 15 is 0 Å². The minimum atomic E-state index is 0.435. The van der Waals surface area contributed by atoms with Gasteiger partial charge >= 0.3 is 0 Å². The highest BCUT2D eigenvalue weighted by Crippen LogP contribution is 2.48. The van der Waals surface area contributed by atoms with Crippen molar-refractivity contribution in [3.05, 3.63) is 0 Å². The largest absolute Gasteiger partial charge is 0.303 e. The molecule has 2 fully saturated rings. The second kappa shape index (κ2) is 4.37. The molecule has 2 rings (SSSR count). The summed E-state index contributed by atoms with van der Waals surface area (Å²) < 4.78 is 0. The zero-order valence-electron chi connectivity index (χ0n) is 10.2. The lowest BCUT2D eigenvalue weighted by Gasteiger charge is -2.49. The SMILES string of the molecule is CC(C)(CBr)CN1CCC2(CCC2)CC1. The van der Waals surface area contributed by atoms with E-state index in [1.54, 1.807) is 0 Å². The molecule has 1 aliphatic heterocycles. The third-order valence-electron chi connectivity index (χ3n) is 4.34. The molecule has 1 aliphatic carbocycles. The Hall–Kier alpha value is 0.440. The Morgan fingerprint density at radius 2 is 1.73 bits per heavy atom. The molecule has 0 atom stereocenters. The first-order valence-corrected chi connectivity index (χ1v) is 7.46. The summed E-state index contributed by atoms with van der Waals surface area (Å²) in [6.45, 7) is 8.66. The van der Waals surface area contributed by atoms with Crippen molar-refractivity contribution in [2.45, 2.75) is 46.0 Å². The van der Waals surface area contributed by atoms with Crippen LogP contribution in [0.15, 0.2) is 0 Å². The van der Waals surface area contributed by atoms with Crippen molar-refractivity contribution in [1.82, 2.24) is 4.90 Å². The number of rotatable bonds is 3. The number of likely N-dealkylation sites (tertiary alicyclic amines) is 1. The van der Waals surface area contributed by atoms with Crippen LogP contribution >= 0.6 is 15.9 Å². The molecule has 0 unspecified atom stereocenters.